The van der Waals surface area contributed by atoms with Crippen molar-refractivity contribution in [3.8, 4) is 11.5 Å². The Morgan fingerprint density at radius 2 is 2.06 bits per heavy atom. The van der Waals surface area contributed by atoms with Crippen LogP contribution in [0.5, 0.6) is 11.5 Å². The zero-order chi connectivity index (χ0) is 23.4. The van der Waals surface area contributed by atoms with Crippen molar-refractivity contribution < 1.29 is 38.5 Å². The van der Waals surface area contributed by atoms with Crippen molar-refractivity contribution in [3.05, 3.63) is 35.0 Å². The maximum Gasteiger partial charge on any atom is 0.352 e. The molecular weight excluding hydrogens is 442 g/mol. The van der Waals surface area contributed by atoms with Crippen LogP contribution in [0.2, 0.25) is 0 Å². The van der Waals surface area contributed by atoms with Crippen molar-refractivity contribution in [3.63, 3.8) is 0 Å². The molecule has 0 spiro atoms. The van der Waals surface area contributed by atoms with E-state index in [-0.39, 0.29) is 31.2 Å². The molecule has 1 saturated heterocycles. The lowest BCUT2D eigenvalue weighted by Gasteiger charge is -2.49. The average molecular weight is 465 g/mol. The van der Waals surface area contributed by atoms with Crippen LogP contribution in [-0.2, 0) is 30.3 Å². The van der Waals surface area contributed by atoms with E-state index >= 15 is 0 Å². The zero-order valence-corrected chi connectivity index (χ0v) is 18.3. The van der Waals surface area contributed by atoms with Crippen LogP contribution in [-0.4, -0.2) is 71.4 Å². The number of nitrogens with zero attached hydrogens (tertiary/aromatic N) is 1. The molecule has 2 atom stereocenters. The lowest BCUT2D eigenvalue weighted by atomic mass is 10.0. The van der Waals surface area contributed by atoms with Gasteiger partial charge in [0.15, 0.2) is 11.5 Å². The quantitative estimate of drug-likeness (QED) is 0.254. The number of carbonyl (C=O) groups excluding carboxylic acids is 3. The monoisotopic (exact) mass is 465 g/mol. The summed E-state index contributed by atoms with van der Waals surface area (Å²) in [5, 5.41) is 11.7. The number of methoxy groups -OCH3 is 1. The minimum atomic E-state index is -1.29. The Hall–Kier alpha value is -3.25. The van der Waals surface area contributed by atoms with Crippen molar-refractivity contribution in [2.45, 2.75) is 24.8 Å². The molecule has 3 rings (SSSR count). The summed E-state index contributed by atoms with van der Waals surface area (Å²) in [7, 11) is 1.47. The molecule has 2 aliphatic heterocycles. The second-order valence-electron chi connectivity index (χ2n) is 6.97. The first-order valence-electron chi connectivity index (χ1n) is 9.59. The fourth-order valence-electron chi connectivity index (χ4n) is 3.42. The van der Waals surface area contributed by atoms with E-state index in [0.29, 0.717) is 22.6 Å². The van der Waals surface area contributed by atoms with Crippen LogP contribution in [0.4, 0.5) is 0 Å². The summed E-state index contributed by atoms with van der Waals surface area (Å²) in [5.74, 6) is -1.64. The van der Waals surface area contributed by atoms with Crippen LogP contribution >= 0.6 is 11.8 Å². The molecule has 0 saturated carbocycles. The topological polar surface area (TPSA) is 157 Å². The van der Waals surface area contributed by atoms with Crippen molar-refractivity contribution in [2.24, 2.45) is 5.73 Å². The van der Waals surface area contributed by atoms with Gasteiger partial charge < -0.3 is 24.6 Å². The summed E-state index contributed by atoms with van der Waals surface area (Å²) in [6.45, 7) is 0.989. The molecule has 0 aliphatic carbocycles. The SMILES string of the molecule is COc1cc(CC(=O)N[C@@H]2C(=O)N3C(C(=O)O)=C(COC(C)=O)CS[C@H]23)ccc1OCN. The number of β-lactam (4-membered cyclic amide) rings is 1. The standard InChI is InChI=1S/C20H23N3O8S/c1-10(24)30-7-12-8-32-19-16(18(26)23(19)17(12)20(27)28)22-15(25)6-11-3-4-13(31-9-21)14(5-11)29-2/h3-5,16,19H,6-9,21H2,1-2H3,(H,22,25)(H,27,28)/t16-,19-/m1/s1. The first kappa shape index (κ1) is 23.4. The van der Waals surface area contributed by atoms with E-state index in [0.717, 1.165) is 4.90 Å². The van der Waals surface area contributed by atoms with Gasteiger partial charge in [0.1, 0.15) is 30.5 Å². The highest BCUT2D eigenvalue weighted by atomic mass is 32.2. The fourth-order valence-corrected chi connectivity index (χ4v) is 4.75. The number of hydrogen-bond acceptors (Lipinski definition) is 9. The Kier molecular flexibility index (Phi) is 7.26. The highest BCUT2D eigenvalue weighted by Crippen LogP contribution is 2.40. The van der Waals surface area contributed by atoms with E-state index in [1.807, 2.05) is 0 Å². The summed E-state index contributed by atoms with van der Waals surface area (Å²) in [5.41, 5.74) is 6.14. The highest BCUT2D eigenvalue weighted by Gasteiger charge is 2.54. The van der Waals surface area contributed by atoms with E-state index in [9.17, 15) is 24.3 Å². The second kappa shape index (κ2) is 9.92. The van der Waals surface area contributed by atoms with Crippen LogP contribution in [0, 0.1) is 0 Å². The van der Waals surface area contributed by atoms with Gasteiger partial charge in [-0.1, -0.05) is 6.07 Å². The Morgan fingerprint density at radius 3 is 2.69 bits per heavy atom. The molecule has 1 aromatic rings. The van der Waals surface area contributed by atoms with Gasteiger partial charge in [-0.25, -0.2) is 4.79 Å². The Balaban J connectivity index is 1.67. The number of thioether (sulfide) groups is 1. The summed E-state index contributed by atoms with van der Waals surface area (Å²) >= 11 is 1.30. The molecule has 1 aromatic carbocycles. The van der Waals surface area contributed by atoms with Crippen LogP contribution < -0.4 is 20.5 Å². The predicted molar refractivity (Wildman–Crippen MR) is 113 cm³/mol. The number of fused-ring (bicyclic) bond motifs is 1. The van der Waals surface area contributed by atoms with Crippen molar-refractivity contribution in [1.82, 2.24) is 10.2 Å². The number of nitrogens with two attached hydrogens (primary N) is 1. The summed E-state index contributed by atoms with van der Waals surface area (Å²) < 4.78 is 15.4. The number of rotatable bonds is 9. The molecule has 12 heteroatoms. The summed E-state index contributed by atoms with van der Waals surface area (Å²) in [4.78, 5) is 49.1. The van der Waals surface area contributed by atoms with Crippen molar-refractivity contribution in [2.75, 3.05) is 26.2 Å². The highest BCUT2D eigenvalue weighted by molar-refractivity contribution is 8.00. The van der Waals surface area contributed by atoms with Gasteiger partial charge in [-0.3, -0.25) is 25.0 Å². The maximum atomic E-state index is 12.6. The number of aliphatic carboxylic acids is 1. The average Bonchev–Trinajstić information content (AvgIpc) is 2.76. The Morgan fingerprint density at radius 1 is 1.31 bits per heavy atom. The lowest BCUT2D eigenvalue weighted by Crippen LogP contribution is -2.70. The number of carboxylic acid groups (broad SMARTS) is 1. The fraction of sp³-hybridized carbons (Fsp3) is 0.400. The van der Waals surface area contributed by atoms with Crippen LogP contribution in [0.3, 0.4) is 0 Å². The van der Waals surface area contributed by atoms with Crippen LogP contribution in [0.25, 0.3) is 0 Å². The molecule has 2 aliphatic rings. The third-order valence-corrected chi connectivity index (χ3v) is 6.19. The summed E-state index contributed by atoms with van der Waals surface area (Å²) in [6.07, 6.45) is -0.0141. The molecule has 0 radical (unpaired) electrons. The van der Waals surface area contributed by atoms with Gasteiger partial charge >= 0.3 is 11.9 Å². The minimum Gasteiger partial charge on any atom is -0.493 e. The Bertz CT molecular complexity index is 980. The van der Waals surface area contributed by atoms with Crippen molar-refractivity contribution in [1.29, 1.82) is 0 Å². The van der Waals surface area contributed by atoms with E-state index in [2.05, 4.69) is 5.32 Å². The molecule has 0 bridgehead atoms. The first-order valence-corrected chi connectivity index (χ1v) is 10.6. The van der Waals surface area contributed by atoms with Gasteiger partial charge in [0.2, 0.25) is 5.91 Å². The number of carboxylic acids is 1. The van der Waals surface area contributed by atoms with Gasteiger partial charge in [0.25, 0.3) is 5.91 Å². The number of amides is 2. The van der Waals surface area contributed by atoms with E-state index in [1.165, 1.54) is 25.8 Å². The van der Waals surface area contributed by atoms with Gasteiger partial charge in [0, 0.05) is 18.2 Å². The third-order valence-electron chi connectivity index (χ3n) is 4.85. The molecule has 2 heterocycles. The molecule has 4 N–H and O–H groups in total. The largest absolute Gasteiger partial charge is 0.493 e. The Labute approximate surface area is 187 Å². The number of hydrogen-bond donors (Lipinski definition) is 3. The van der Waals surface area contributed by atoms with Gasteiger partial charge in [0.05, 0.1) is 13.5 Å². The van der Waals surface area contributed by atoms with E-state index < -0.39 is 35.2 Å². The molecule has 172 valence electrons. The van der Waals surface area contributed by atoms with Crippen LogP contribution in [0.15, 0.2) is 29.5 Å². The summed E-state index contributed by atoms with van der Waals surface area (Å²) in [6, 6.07) is 4.11. The maximum absolute atomic E-state index is 12.6. The van der Waals surface area contributed by atoms with Gasteiger partial charge in [-0.05, 0) is 17.7 Å². The smallest absolute Gasteiger partial charge is 0.352 e. The van der Waals surface area contributed by atoms with E-state index in [4.69, 9.17) is 19.9 Å². The van der Waals surface area contributed by atoms with E-state index in [1.54, 1.807) is 18.2 Å². The number of esters is 1. The van der Waals surface area contributed by atoms with Gasteiger partial charge in [-0.15, -0.1) is 11.8 Å². The molecule has 32 heavy (non-hydrogen) atoms. The number of nitrogens with one attached hydrogen (secondary N) is 1. The van der Waals surface area contributed by atoms with Crippen molar-refractivity contribution >= 4 is 35.5 Å². The molecule has 2 amide bonds. The zero-order valence-electron chi connectivity index (χ0n) is 17.5. The first-order chi connectivity index (χ1) is 15.3. The number of carbonyl (C=O) groups is 4. The second-order valence-corrected chi connectivity index (χ2v) is 8.07. The molecule has 0 aromatic heterocycles. The normalized spacial score (nSPS) is 19.6. The molecule has 11 nitrogen and oxygen atoms in total. The third kappa shape index (κ3) is 4.81. The van der Waals surface area contributed by atoms with Crippen LogP contribution in [0.1, 0.15) is 12.5 Å². The van der Waals surface area contributed by atoms with Gasteiger partial charge in [-0.2, -0.15) is 0 Å². The lowest BCUT2D eigenvalue weighted by molar-refractivity contribution is -0.151. The molecule has 1 fully saturated rings. The number of benzene rings is 1. The number of ether oxygens (including phenoxy) is 3. The molecule has 0 unspecified atom stereocenters. The predicted octanol–water partition coefficient (Wildman–Crippen LogP) is -0.166. The molecular formula is C20H23N3O8S. The minimum absolute atomic E-state index is 0.0141.